The van der Waals surface area contributed by atoms with Gasteiger partial charge >= 0.3 is 0 Å². The highest BCUT2D eigenvalue weighted by atomic mass is 35.5. The summed E-state index contributed by atoms with van der Waals surface area (Å²) in [4.78, 5) is 22.7. The molecule has 29 heavy (non-hydrogen) atoms. The molecule has 3 rings (SSSR count). The molecule has 3 aromatic rings. The predicted octanol–water partition coefficient (Wildman–Crippen LogP) is 4.59. The molecule has 0 aliphatic carbocycles. The van der Waals surface area contributed by atoms with Crippen molar-refractivity contribution in [2.45, 2.75) is 6.61 Å². The Morgan fingerprint density at radius 3 is 2.55 bits per heavy atom. The summed E-state index contributed by atoms with van der Waals surface area (Å²) >= 11 is 5.86. The summed E-state index contributed by atoms with van der Waals surface area (Å²) in [7, 11) is 0. The molecule has 0 radical (unpaired) electrons. The standard InChI is InChI=1S/C21H16ClN3O4/c22-18-12-16(10-11-19(18)25(27)28)13-23-24-21(26)17-8-4-5-9-20(17)29-14-15-6-2-1-3-7-15/h1-13H,14H2,(H,24,26)/b23-13-. The maximum Gasteiger partial charge on any atom is 0.287 e. The Morgan fingerprint density at radius 1 is 1.10 bits per heavy atom. The zero-order valence-corrected chi connectivity index (χ0v) is 15.9. The Balaban J connectivity index is 1.66. The fourth-order valence-electron chi connectivity index (χ4n) is 2.49. The molecule has 8 heteroatoms. The van der Waals surface area contributed by atoms with Gasteiger partial charge in [0, 0.05) is 6.07 Å². The van der Waals surface area contributed by atoms with Crippen molar-refractivity contribution in [2.75, 3.05) is 0 Å². The molecule has 0 aliphatic heterocycles. The molecular formula is C21H16ClN3O4. The van der Waals surface area contributed by atoms with E-state index in [1.54, 1.807) is 24.3 Å². The minimum Gasteiger partial charge on any atom is -0.488 e. The lowest BCUT2D eigenvalue weighted by Crippen LogP contribution is -2.18. The Bertz CT molecular complexity index is 1050. The van der Waals surface area contributed by atoms with Crippen molar-refractivity contribution < 1.29 is 14.5 Å². The summed E-state index contributed by atoms with van der Waals surface area (Å²) < 4.78 is 5.77. The van der Waals surface area contributed by atoms with E-state index in [1.807, 2.05) is 30.3 Å². The number of rotatable bonds is 7. The highest BCUT2D eigenvalue weighted by Gasteiger charge is 2.13. The van der Waals surface area contributed by atoms with Gasteiger partial charge in [-0.2, -0.15) is 5.10 Å². The molecule has 0 saturated heterocycles. The topological polar surface area (TPSA) is 93.8 Å². The first-order valence-corrected chi connectivity index (χ1v) is 8.95. The van der Waals surface area contributed by atoms with Gasteiger partial charge in [0.05, 0.1) is 16.7 Å². The third kappa shape index (κ3) is 5.40. The number of hydrazone groups is 1. The van der Waals surface area contributed by atoms with E-state index in [-0.39, 0.29) is 10.7 Å². The molecule has 0 aromatic heterocycles. The van der Waals surface area contributed by atoms with Crippen LogP contribution in [-0.2, 0) is 6.61 Å². The summed E-state index contributed by atoms with van der Waals surface area (Å²) in [5, 5.41) is 14.7. The lowest BCUT2D eigenvalue weighted by atomic mass is 10.2. The fraction of sp³-hybridized carbons (Fsp3) is 0.0476. The molecule has 146 valence electrons. The van der Waals surface area contributed by atoms with Crippen molar-refractivity contribution in [3.8, 4) is 5.75 Å². The van der Waals surface area contributed by atoms with Crippen LogP contribution in [0.5, 0.6) is 5.75 Å². The Morgan fingerprint density at radius 2 is 1.83 bits per heavy atom. The van der Waals surface area contributed by atoms with E-state index in [0.29, 0.717) is 23.5 Å². The van der Waals surface area contributed by atoms with Crippen molar-refractivity contribution in [3.63, 3.8) is 0 Å². The number of para-hydroxylation sites is 1. The highest BCUT2D eigenvalue weighted by Crippen LogP contribution is 2.24. The summed E-state index contributed by atoms with van der Waals surface area (Å²) in [6.45, 7) is 0.329. The summed E-state index contributed by atoms with van der Waals surface area (Å²) in [5.41, 5.74) is 4.05. The van der Waals surface area contributed by atoms with Gasteiger partial charge in [0.1, 0.15) is 17.4 Å². The normalized spacial score (nSPS) is 10.7. The second kappa shape index (κ2) is 9.48. The van der Waals surface area contributed by atoms with Crippen LogP contribution in [0.3, 0.4) is 0 Å². The van der Waals surface area contributed by atoms with Crippen molar-refractivity contribution >= 4 is 29.4 Å². The van der Waals surface area contributed by atoms with Gasteiger partial charge in [-0.25, -0.2) is 5.43 Å². The molecular weight excluding hydrogens is 394 g/mol. The number of carbonyl (C=O) groups excluding carboxylic acids is 1. The van der Waals surface area contributed by atoms with E-state index in [4.69, 9.17) is 16.3 Å². The van der Waals surface area contributed by atoms with E-state index in [9.17, 15) is 14.9 Å². The molecule has 0 spiro atoms. The monoisotopic (exact) mass is 409 g/mol. The van der Waals surface area contributed by atoms with E-state index >= 15 is 0 Å². The molecule has 1 N–H and O–H groups in total. The molecule has 0 fully saturated rings. The number of nitro benzene ring substituents is 1. The molecule has 0 saturated carbocycles. The first-order valence-electron chi connectivity index (χ1n) is 8.57. The van der Waals surface area contributed by atoms with Crippen LogP contribution in [0.4, 0.5) is 5.69 Å². The van der Waals surface area contributed by atoms with Crippen LogP contribution in [0.1, 0.15) is 21.5 Å². The van der Waals surface area contributed by atoms with Crippen LogP contribution >= 0.6 is 11.6 Å². The maximum atomic E-state index is 12.5. The number of nitrogens with zero attached hydrogens (tertiary/aromatic N) is 2. The average molecular weight is 410 g/mol. The number of amides is 1. The van der Waals surface area contributed by atoms with Crippen LogP contribution in [-0.4, -0.2) is 17.0 Å². The summed E-state index contributed by atoms with van der Waals surface area (Å²) in [6, 6.07) is 20.6. The minimum atomic E-state index is -0.572. The number of nitrogens with one attached hydrogen (secondary N) is 1. The van der Waals surface area contributed by atoms with Crippen molar-refractivity contribution in [1.82, 2.24) is 5.43 Å². The molecule has 7 nitrogen and oxygen atoms in total. The van der Waals surface area contributed by atoms with Crippen LogP contribution < -0.4 is 10.2 Å². The largest absolute Gasteiger partial charge is 0.488 e. The maximum absolute atomic E-state index is 12.5. The van der Waals surface area contributed by atoms with Gasteiger partial charge in [0.25, 0.3) is 11.6 Å². The van der Waals surface area contributed by atoms with Gasteiger partial charge in [-0.1, -0.05) is 54.1 Å². The van der Waals surface area contributed by atoms with Gasteiger partial charge in [0.15, 0.2) is 0 Å². The van der Waals surface area contributed by atoms with Crippen molar-refractivity contribution in [3.05, 3.63) is 105 Å². The molecule has 0 heterocycles. The SMILES string of the molecule is O=C(N/N=C\c1ccc([N+](=O)[O-])c(Cl)c1)c1ccccc1OCc1ccccc1. The third-order valence-electron chi connectivity index (χ3n) is 3.92. The van der Waals surface area contributed by atoms with E-state index < -0.39 is 10.8 Å². The van der Waals surface area contributed by atoms with Gasteiger partial charge in [-0.05, 0) is 35.4 Å². The smallest absolute Gasteiger partial charge is 0.287 e. The Hall–Kier alpha value is -3.71. The molecule has 0 atom stereocenters. The number of halogens is 1. The summed E-state index contributed by atoms with van der Waals surface area (Å²) in [6.07, 6.45) is 1.35. The highest BCUT2D eigenvalue weighted by molar-refractivity contribution is 6.32. The quantitative estimate of drug-likeness (QED) is 0.351. The van der Waals surface area contributed by atoms with E-state index in [0.717, 1.165) is 5.56 Å². The van der Waals surface area contributed by atoms with Gasteiger partial charge in [-0.3, -0.25) is 14.9 Å². The molecule has 0 aliphatic rings. The second-order valence-corrected chi connectivity index (χ2v) is 6.34. The third-order valence-corrected chi connectivity index (χ3v) is 4.22. The van der Waals surface area contributed by atoms with Crippen LogP contribution in [0.15, 0.2) is 77.9 Å². The number of ether oxygens (including phenoxy) is 1. The zero-order valence-electron chi connectivity index (χ0n) is 15.1. The Labute approximate surface area is 171 Å². The second-order valence-electron chi connectivity index (χ2n) is 5.94. The first kappa shape index (κ1) is 20.0. The zero-order chi connectivity index (χ0) is 20.6. The number of benzene rings is 3. The molecule has 0 unspecified atom stereocenters. The number of hydrogen-bond acceptors (Lipinski definition) is 5. The predicted molar refractivity (Wildman–Crippen MR) is 110 cm³/mol. The summed E-state index contributed by atoms with van der Waals surface area (Å²) in [5.74, 6) is -0.0136. The lowest BCUT2D eigenvalue weighted by Gasteiger charge is -2.10. The molecule has 3 aromatic carbocycles. The first-order chi connectivity index (χ1) is 14.0. The molecule has 0 bridgehead atoms. The van der Waals surface area contributed by atoms with Crippen molar-refractivity contribution in [1.29, 1.82) is 0 Å². The minimum absolute atomic E-state index is 0.00932. The van der Waals surface area contributed by atoms with Gasteiger partial charge < -0.3 is 4.74 Å². The van der Waals surface area contributed by atoms with Gasteiger partial charge in [-0.15, -0.1) is 0 Å². The lowest BCUT2D eigenvalue weighted by molar-refractivity contribution is -0.384. The fourth-order valence-corrected chi connectivity index (χ4v) is 2.75. The number of carbonyl (C=O) groups is 1. The van der Waals surface area contributed by atoms with Crippen LogP contribution in [0.2, 0.25) is 5.02 Å². The van der Waals surface area contributed by atoms with Crippen molar-refractivity contribution in [2.24, 2.45) is 5.10 Å². The number of nitro groups is 1. The van der Waals surface area contributed by atoms with E-state index in [1.165, 1.54) is 24.4 Å². The number of hydrogen-bond donors (Lipinski definition) is 1. The average Bonchev–Trinajstić information content (AvgIpc) is 2.73. The van der Waals surface area contributed by atoms with Gasteiger partial charge in [0.2, 0.25) is 0 Å². The van der Waals surface area contributed by atoms with Crippen LogP contribution in [0, 0.1) is 10.1 Å². The van der Waals surface area contributed by atoms with Crippen LogP contribution in [0.25, 0.3) is 0 Å². The Kier molecular flexibility index (Phi) is 6.55. The van der Waals surface area contributed by atoms with E-state index in [2.05, 4.69) is 10.5 Å². The molecule has 1 amide bonds.